The van der Waals surface area contributed by atoms with Crippen LogP contribution < -0.4 is 11.1 Å². The maximum atomic E-state index is 12.4. The summed E-state index contributed by atoms with van der Waals surface area (Å²) in [5.74, 6) is 0. The largest absolute Gasteiger partial charge is 0.395 e. The number of carbonyl (C=O) groups is 1. The Balaban J connectivity index is 1.99. The summed E-state index contributed by atoms with van der Waals surface area (Å²) >= 11 is 0. The van der Waals surface area contributed by atoms with Crippen molar-refractivity contribution in [2.45, 2.75) is 44.7 Å². The van der Waals surface area contributed by atoms with Crippen LogP contribution in [0.4, 0.5) is 10.5 Å². The second kappa shape index (κ2) is 8.00. The molecule has 1 saturated carbocycles. The van der Waals surface area contributed by atoms with E-state index in [2.05, 4.69) is 5.32 Å². The smallest absolute Gasteiger partial charge is 0.322 e. The van der Waals surface area contributed by atoms with Crippen LogP contribution in [-0.4, -0.2) is 35.2 Å². The average Bonchev–Trinajstić information content (AvgIpc) is 2.54. The van der Waals surface area contributed by atoms with E-state index in [4.69, 9.17) is 5.73 Å². The van der Waals surface area contributed by atoms with Crippen LogP contribution in [0.5, 0.6) is 0 Å². The van der Waals surface area contributed by atoms with Gasteiger partial charge >= 0.3 is 6.03 Å². The minimum atomic E-state index is -0.128. The molecule has 2 amide bonds. The van der Waals surface area contributed by atoms with Gasteiger partial charge in [0.2, 0.25) is 0 Å². The van der Waals surface area contributed by atoms with E-state index in [-0.39, 0.29) is 18.7 Å². The highest BCUT2D eigenvalue weighted by molar-refractivity contribution is 5.89. The molecule has 116 valence electrons. The number of carbonyl (C=O) groups excluding carboxylic acids is 1. The Labute approximate surface area is 126 Å². The summed E-state index contributed by atoms with van der Waals surface area (Å²) in [7, 11) is 0. The number of rotatable bonds is 5. The lowest BCUT2D eigenvalue weighted by molar-refractivity contribution is 0.144. The molecule has 0 saturated heterocycles. The molecule has 5 nitrogen and oxygen atoms in total. The lowest BCUT2D eigenvalue weighted by Crippen LogP contribution is -2.45. The molecular formula is C16H25N3O2. The van der Waals surface area contributed by atoms with Gasteiger partial charge in [-0.3, -0.25) is 0 Å². The summed E-state index contributed by atoms with van der Waals surface area (Å²) in [6, 6.07) is 7.65. The van der Waals surface area contributed by atoms with Gasteiger partial charge in [0, 0.05) is 24.8 Å². The number of benzene rings is 1. The molecule has 1 aromatic carbocycles. The van der Waals surface area contributed by atoms with E-state index >= 15 is 0 Å². The number of urea groups is 1. The fourth-order valence-corrected chi connectivity index (χ4v) is 2.87. The standard InChI is InChI=1S/C16H25N3O2/c17-12-13-6-8-14(9-7-13)18-16(21)19(10-11-20)15-4-2-1-3-5-15/h6-9,15,20H,1-5,10-12,17H2,(H,18,21). The molecule has 2 rings (SSSR count). The van der Waals surface area contributed by atoms with Gasteiger partial charge in [-0.1, -0.05) is 31.4 Å². The predicted octanol–water partition coefficient (Wildman–Crippen LogP) is 2.30. The fraction of sp³-hybridized carbons (Fsp3) is 0.562. The van der Waals surface area contributed by atoms with Gasteiger partial charge in [0.25, 0.3) is 0 Å². The summed E-state index contributed by atoms with van der Waals surface area (Å²) in [6.07, 6.45) is 5.61. The Bertz CT molecular complexity index is 441. The average molecular weight is 291 g/mol. The van der Waals surface area contributed by atoms with Gasteiger partial charge in [-0.05, 0) is 30.5 Å². The van der Waals surface area contributed by atoms with Gasteiger partial charge in [0.15, 0.2) is 0 Å². The van der Waals surface area contributed by atoms with Crippen molar-refractivity contribution in [1.29, 1.82) is 0 Å². The number of nitrogens with zero attached hydrogens (tertiary/aromatic N) is 1. The van der Waals surface area contributed by atoms with Crippen LogP contribution in [-0.2, 0) is 6.54 Å². The predicted molar refractivity (Wildman–Crippen MR) is 84.0 cm³/mol. The molecule has 0 radical (unpaired) electrons. The summed E-state index contributed by atoms with van der Waals surface area (Å²) in [5.41, 5.74) is 7.36. The quantitative estimate of drug-likeness (QED) is 0.779. The van der Waals surface area contributed by atoms with Gasteiger partial charge in [-0.25, -0.2) is 4.79 Å². The Hall–Kier alpha value is -1.59. The van der Waals surface area contributed by atoms with Crippen molar-refractivity contribution in [2.75, 3.05) is 18.5 Å². The Morgan fingerprint density at radius 1 is 1.24 bits per heavy atom. The molecular weight excluding hydrogens is 266 g/mol. The number of aliphatic hydroxyl groups excluding tert-OH is 1. The first-order valence-electron chi connectivity index (χ1n) is 7.72. The third kappa shape index (κ3) is 4.44. The third-order valence-electron chi connectivity index (χ3n) is 4.06. The molecule has 1 aromatic rings. The topological polar surface area (TPSA) is 78.6 Å². The molecule has 1 aliphatic rings. The lowest BCUT2D eigenvalue weighted by Gasteiger charge is -2.34. The highest BCUT2D eigenvalue weighted by atomic mass is 16.3. The van der Waals surface area contributed by atoms with Crippen LogP contribution >= 0.6 is 0 Å². The number of amides is 2. The van der Waals surface area contributed by atoms with Crippen molar-refractivity contribution in [3.63, 3.8) is 0 Å². The second-order valence-electron chi connectivity index (χ2n) is 5.54. The number of nitrogens with one attached hydrogen (secondary N) is 1. The van der Waals surface area contributed by atoms with Crippen molar-refractivity contribution in [1.82, 2.24) is 4.90 Å². The molecule has 0 atom stereocenters. The van der Waals surface area contributed by atoms with E-state index in [1.54, 1.807) is 4.90 Å². The zero-order valence-electron chi connectivity index (χ0n) is 12.4. The van der Waals surface area contributed by atoms with Crippen molar-refractivity contribution < 1.29 is 9.90 Å². The first kappa shape index (κ1) is 15.8. The zero-order chi connectivity index (χ0) is 15.1. The highest BCUT2D eigenvalue weighted by Gasteiger charge is 2.24. The van der Waals surface area contributed by atoms with Crippen molar-refractivity contribution in [2.24, 2.45) is 5.73 Å². The fourth-order valence-electron chi connectivity index (χ4n) is 2.87. The Morgan fingerprint density at radius 2 is 1.90 bits per heavy atom. The summed E-state index contributed by atoms with van der Waals surface area (Å²) in [6.45, 7) is 0.875. The van der Waals surface area contributed by atoms with E-state index in [0.29, 0.717) is 13.1 Å². The first-order chi connectivity index (χ1) is 10.2. The van der Waals surface area contributed by atoms with Gasteiger partial charge in [0.05, 0.1) is 6.61 Å². The zero-order valence-corrected chi connectivity index (χ0v) is 12.4. The molecule has 0 spiro atoms. The van der Waals surface area contributed by atoms with Gasteiger partial charge in [0.1, 0.15) is 0 Å². The van der Waals surface area contributed by atoms with Gasteiger partial charge < -0.3 is 21.1 Å². The van der Waals surface area contributed by atoms with Crippen LogP contribution in [0.15, 0.2) is 24.3 Å². The van der Waals surface area contributed by atoms with E-state index in [1.807, 2.05) is 24.3 Å². The van der Waals surface area contributed by atoms with E-state index in [1.165, 1.54) is 6.42 Å². The first-order valence-corrected chi connectivity index (χ1v) is 7.72. The molecule has 0 aliphatic heterocycles. The third-order valence-corrected chi connectivity index (χ3v) is 4.06. The van der Waals surface area contributed by atoms with Crippen LogP contribution in [0.1, 0.15) is 37.7 Å². The number of hydrogen-bond acceptors (Lipinski definition) is 3. The maximum Gasteiger partial charge on any atom is 0.322 e. The second-order valence-corrected chi connectivity index (χ2v) is 5.54. The van der Waals surface area contributed by atoms with Crippen molar-refractivity contribution >= 4 is 11.7 Å². The SMILES string of the molecule is NCc1ccc(NC(=O)N(CCO)C2CCCCC2)cc1. The number of hydrogen-bond donors (Lipinski definition) is 3. The normalized spacial score (nSPS) is 15.7. The lowest BCUT2D eigenvalue weighted by atomic mass is 9.94. The molecule has 5 heteroatoms. The maximum absolute atomic E-state index is 12.4. The molecule has 0 heterocycles. The number of anilines is 1. The van der Waals surface area contributed by atoms with E-state index < -0.39 is 0 Å². The van der Waals surface area contributed by atoms with Crippen LogP contribution in [0.25, 0.3) is 0 Å². The van der Waals surface area contributed by atoms with Crippen LogP contribution in [0, 0.1) is 0 Å². The minimum absolute atomic E-state index is 0.00394. The number of nitrogens with two attached hydrogens (primary N) is 1. The van der Waals surface area contributed by atoms with E-state index in [0.717, 1.165) is 36.9 Å². The Morgan fingerprint density at radius 3 is 2.48 bits per heavy atom. The van der Waals surface area contributed by atoms with Gasteiger partial charge in [-0.15, -0.1) is 0 Å². The summed E-state index contributed by atoms with van der Waals surface area (Å²) in [4.78, 5) is 14.2. The van der Waals surface area contributed by atoms with Crippen molar-refractivity contribution in [3.8, 4) is 0 Å². The van der Waals surface area contributed by atoms with Crippen LogP contribution in [0.3, 0.4) is 0 Å². The Kier molecular flexibility index (Phi) is 6.02. The summed E-state index contributed by atoms with van der Waals surface area (Å²) < 4.78 is 0. The van der Waals surface area contributed by atoms with Crippen LogP contribution in [0.2, 0.25) is 0 Å². The minimum Gasteiger partial charge on any atom is -0.395 e. The molecule has 0 unspecified atom stereocenters. The van der Waals surface area contributed by atoms with E-state index in [9.17, 15) is 9.90 Å². The monoisotopic (exact) mass is 291 g/mol. The summed E-state index contributed by atoms with van der Waals surface area (Å²) in [5, 5.41) is 12.1. The molecule has 1 aliphatic carbocycles. The molecule has 0 aromatic heterocycles. The number of aliphatic hydroxyl groups is 1. The molecule has 21 heavy (non-hydrogen) atoms. The highest BCUT2D eigenvalue weighted by Crippen LogP contribution is 2.23. The molecule has 4 N–H and O–H groups in total. The molecule has 0 bridgehead atoms. The van der Waals surface area contributed by atoms with Gasteiger partial charge in [-0.2, -0.15) is 0 Å². The van der Waals surface area contributed by atoms with Crippen molar-refractivity contribution in [3.05, 3.63) is 29.8 Å². The molecule has 1 fully saturated rings.